The summed E-state index contributed by atoms with van der Waals surface area (Å²) < 4.78 is 39.4. The Bertz CT molecular complexity index is 301. The van der Waals surface area contributed by atoms with Crippen LogP contribution in [-0.2, 0) is 11.3 Å². The number of ether oxygens (including phenoxy) is 1. The number of nitrogen functional groups attached to an aromatic ring is 1. The van der Waals surface area contributed by atoms with Crippen molar-refractivity contribution in [3.8, 4) is 0 Å². The number of nitrogens with two attached hydrogens (primary N) is 1. The summed E-state index contributed by atoms with van der Waals surface area (Å²) in [5, 5.41) is 0. The largest absolute Gasteiger partial charge is 0.411 e. The van der Waals surface area contributed by atoms with E-state index < -0.39 is 12.8 Å². The van der Waals surface area contributed by atoms with Gasteiger partial charge >= 0.3 is 6.18 Å². The van der Waals surface area contributed by atoms with Crippen molar-refractivity contribution in [2.24, 2.45) is 0 Å². The Morgan fingerprint density at radius 1 is 1.43 bits per heavy atom. The minimum absolute atomic E-state index is 0.190. The lowest BCUT2D eigenvalue weighted by Gasteiger charge is -2.07. The molecule has 0 aromatic carbocycles. The highest BCUT2D eigenvalue weighted by Crippen LogP contribution is 2.15. The first-order valence-electron chi connectivity index (χ1n) is 3.82. The highest BCUT2D eigenvalue weighted by molar-refractivity contribution is 5.36. The number of pyridine rings is 1. The molecular weight excluding hydrogens is 197 g/mol. The molecule has 0 atom stereocenters. The van der Waals surface area contributed by atoms with E-state index in [9.17, 15) is 13.2 Å². The van der Waals surface area contributed by atoms with Crippen LogP contribution in [0.2, 0.25) is 0 Å². The number of hydrogen-bond acceptors (Lipinski definition) is 3. The maximum atomic E-state index is 11.7. The molecule has 0 unspecified atom stereocenters. The second kappa shape index (κ2) is 4.28. The van der Waals surface area contributed by atoms with E-state index in [0.717, 1.165) is 0 Å². The second-order valence-electron chi connectivity index (χ2n) is 2.69. The predicted octanol–water partition coefficient (Wildman–Crippen LogP) is 1.74. The molecule has 3 nitrogen and oxygen atoms in total. The van der Waals surface area contributed by atoms with Gasteiger partial charge in [0.05, 0.1) is 12.3 Å². The van der Waals surface area contributed by atoms with E-state index in [-0.39, 0.29) is 6.61 Å². The molecule has 0 aliphatic rings. The lowest BCUT2D eigenvalue weighted by molar-refractivity contribution is -0.176. The Morgan fingerprint density at radius 3 is 2.71 bits per heavy atom. The van der Waals surface area contributed by atoms with E-state index in [1.54, 1.807) is 6.07 Å². The summed E-state index contributed by atoms with van der Waals surface area (Å²) in [6, 6.07) is 3.02. The first kappa shape index (κ1) is 10.8. The molecule has 2 N–H and O–H groups in total. The van der Waals surface area contributed by atoms with Crippen LogP contribution in [0.5, 0.6) is 0 Å². The van der Waals surface area contributed by atoms with Crippen LogP contribution in [0.4, 0.5) is 18.9 Å². The number of anilines is 1. The minimum Gasteiger partial charge on any atom is -0.399 e. The lowest BCUT2D eigenvalue weighted by atomic mass is 10.3. The summed E-state index contributed by atoms with van der Waals surface area (Å²) in [6.07, 6.45) is -2.89. The Morgan fingerprint density at radius 2 is 2.14 bits per heavy atom. The van der Waals surface area contributed by atoms with Gasteiger partial charge in [-0.3, -0.25) is 4.98 Å². The molecule has 0 bridgehead atoms. The smallest absolute Gasteiger partial charge is 0.399 e. The third-order valence-corrected chi connectivity index (χ3v) is 1.36. The zero-order valence-electron chi connectivity index (χ0n) is 7.21. The average Bonchev–Trinajstić information content (AvgIpc) is 2.01. The number of rotatable bonds is 3. The maximum Gasteiger partial charge on any atom is 0.411 e. The highest BCUT2D eigenvalue weighted by Gasteiger charge is 2.27. The van der Waals surface area contributed by atoms with E-state index in [1.807, 2.05) is 0 Å². The van der Waals surface area contributed by atoms with Crippen LogP contribution in [0.15, 0.2) is 18.3 Å². The van der Waals surface area contributed by atoms with E-state index in [4.69, 9.17) is 5.73 Å². The Labute approximate surface area is 78.7 Å². The van der Waals surface area contributed by atoms with Crippen LogP contribution in [0.3, 0.4) is 0 Å². The maximum absolute atomic E-state index is 11.7. The fourth-order valence-corrected chi connectivity index (χ4v) is 0.847. The topological polar surface area (TPSA) is 48.1 Å². The van der Waals surface area contributed by atoms with Gasteiger partial charge in [-0.05, 0) is 12.1 Å². The van der Waals surface area contributed by atoms with Crippen LogP contribution in [0.25, 0.3) is 0 Å². The lowest BCUT2D eigenvalue weighted by Crippen LogP contribution is -2.16. The SMILES string of the molecule is Nc1ccnc(COCC(F)(F)F)c1. The molecule has 0 aliphatic heterocycles. The number of alkyl halides is 3. The Kier molecular flexibility index (Phi) is 3.29. The zero-order chi connectivity index (χ0) is 10.6. The molecule has 0 amide bonds. The molecule has 0 spiro atoms. The molecule has 1 rings (SSSR count). The number of hydrogen-bond donors (Lipinski definition) is 1. The van der Waals surface area contributed by atoms with E-state index in [2.05, 4.69) is 9.72 Å². The van der Waals surface area contributed by atoms with Crippen molar-refractivity contribution in [3.63, 3.8) is 0 Å². The van der Waals surface area contributed by atoms with E-state index in [0.29, 0.717) is 11.4 Å². The number of aromatic nitrogens is 1. The molecule has 0 aliphatic carbocycles. The monoisotopic (exact) mass is 206 g/mol. The van der Waals surface area contributed by atoms with Gasteiger partial charge < -0.3 is 10.5 Å². The highest BCUT2D eigenvalue weighted by atomic mass is 19.4. The van der Waals surface area contributed by atoms with E-state index >= 15 is 0 Å². The van der Waals surface area contributed by atoms with Gasteiger partial charge in [0.1, 0.15) is 6.61 Å². The molecule has 1 aromatic heterocycles. The van der Waals surface area contributed by atoms with Gasteiger partial charge in [-0.1, -0.05) is 0 Å². The molecule has 0 saturated carbocycles. The van der Waals surface area contributed by atoms with Gasteiger partial charge in [0.2, 0.25) is 0 Å². The number of nitrogens with zero attached hydrogens (tertiary/aromatic N) is 1. The fraction of sp³-hybridized carbons (Fsp3) is 0.375. The summed E-state index contributed by atoms with van der Waals surface area (Å²) in [5.41, 5.74) is 6.23. The Balaban J connectivity index is 2.39. The summed E-state index contributed by atoms with van der Waals surface area (Å²) in [5.74, 6) is 0. The first-order chi connectivity index (χ1) is 6.47. The van der Waals surface area contributed by atoms with Crippen molar-refractivity contribution in [3.05, 3.63) is 24.0 Å². The summed E-state index contributed by atoms with van der Waals surface area (Å²) in [7, 11) is 0. The van der Waals surface area contributed by atoms with Crippen molar-refractivity contribution < 1.29 is 17.9 Å². The quantitative estimate of drug-likeness (QED) is 0.819. The molecule has 78 valence electrons. The number of halogens is 3. The third-order valence-electron chi connectivity index (χ3n) is 1.36. The third kappa shape index (κ3) is 4.08. The van der Waals surface area contributed by atoms with Gasteiger partial charge in [-0.15, -0.1) is 0 Å². The molecule has 0 fully saturated rings. The molecule has 1 heterocycles. The fourth-order valence-electron chi connectivity index (χ4n) is 0.847. The van der Waals surface area contributed by atoms with Crippen molar-refractivity contribution in [1.82, 2.24) is 4.98 Å². The molecule has 14 heavy (non-hydrogen) atoms. The van der Waals surface area contributed by atoms with E-state index in [1.165, 1.54) is 12.3 Å². The summed E-state index contributed by atoms with van der Waals surface area (Å²) in [4.78, 5) is 3.79. The zero-order valence-corrected chi connectivity index (χ0v) is 7.21. The molecule has 1 aromatic rings. The standard InChI is InChI=1S/C8H9F3N2O/c9-8(10,11)5-14-4-7-3-6(12)1-2-13-7/h1-3H,4-5H2,(H2,12,13). The van der Waals surface area contributed by atoms with Gasteiger partial charge in [0.25, 0.3) is 0 Å². The van der Waals surface area contributed by atoms with Gasteiger partial charge in [-0.2, -0.15) is 13.2 Å². The predicted molar refractivity (Wildman–Crippen MR) is 44.4 cm³/mol. The van der Waals surface area contributed by atoms with Crippen molar-refractivity contribution in [2.45, 2.75) is 12.8 Å². The van der Waals surface area contributed by atoms with Gasteiger partial charge in [-0.25, -0.2) is 0 Å². The minimum atomic E-state index is -4.31. The summed E-state index contributed by atoms with van der Waals surface area (Å²) >= 11 is 0. The van der Waals surface area contributed by atoms with Crippen molar-refractivity contribution in [2.75, 3.05) is 12.3 Å². The average molecular weight is 206 g/mol. The van der Waals surface area contributed by atoms with Crippen molar-refractivity contribution in [1.29, 1.82) is 0 Å². The van der Waals surface area contributed by atoms with Crippen LogP contribution >= 0.6 is 0 Å². The Hall–Kier alpha value is -1.30. The van der Waals surface area contributed by atoms with Gasteiger partial charge in [0, 0.05) is 11.9 Å². The van der Waals surface area contributed by atoms with Crippen LogP contribution in [-0.4, -0.2) is 17.8 Å². The van der Waals surface area contributed by atoms with Crippen LogP contribution in [0.1, 0.15) is 5.69 Å². The normalized spacial score (nSPS) is 11.6. The summed E-state index contributed by atoms with van der Waals surface area (Å²) in [6.45, 7) is -1.46. The molecule has 0 saturated heterocycles. The molecular formula is C8H9F3N2O. The van der Waals surface area contributed by atoms with Crippen LogP contribution < -0.4 is 5.73 Å². The molecule has 0 radical (unpaired) electrons. The van der Waals surface area contributed by atoms with Crippen LogP contribution in [0, 0.1) is 0 Å². The van der Waals surface area contributed by atoms with Gasteiger partial charge in [0.15, 0.2) is 0 Å². The first-order valence-corrected chi connectivity index (χ1v) is 3.82. The second-order valence-corrected chi connectivity index (χ2v) is 2.69. The van der Waals surface area contributed by atoms with Crippen molar-refractivity contribution >= 4 is 5.69 Å². The molecule has 6 heteroatoms.